The molecule has 0 unspecified atom stereocenters. The second-order valence-corrected chi connectivity index (χ2v) is 3.95. The van der Waals surface area contributed by atoms with Crippen molar-refractivity contribution in [3.63, 3.8) is 0 Å². The first-order valence-corrected chi connectivity index (χ1v) is 5.62. The van der Waals surface area contributed by atoms with Gasteiger partial charge in [-0.2, -0.15) is 28.1 Å². The fraction of sp³-hybridized carbons (Fsp3) is 0.700. The predicted octanol–water partition coefficient (Wildman–Crippen LogP) is 1.70. The molecule has 0 aromatic carbocycles. The Morgan fingerprint density at radius 3 is 2.42 bits per heavy atom. The van der Waals surface area contributed by atoms with Crippen LogP contribution >= 0.6 is 0 Å². The minimum absolute atomic E-state index is 0.00484. The highest BCUT2D eigenvalue weighted by Crippen LogP contribution is 2.21. The maximum Gasteiger partial charge on any atom is 0.389 e. The summed E-state index contributed by atoms with van der Waals surface area (Å²) in [6, 6.07) is 0.00484. The molecule has 0 saturated heterocycles. The van der Waals surface area contributed by atoms with Crippen LogP contribution in [-0.4, -0.2) is 48.9 Å². The minimum Gasteiger partial charge on any atom is -0.463 e. The van der Waals surface area contributed by atoms with E-state index in [1.807, 2.05) is 0 Å². The summed E-state index contributed by atoms with van der Waals surface area (Å²) < 4.78 is 41.0. The number of ether oxygens (including phenoxy) is 1. The maximum atomic E-state index is 12.0. The lowest BCUT2D eigenvalue weighted by molar-refractivity contribution is -0.136. The number of nitrogens with zero attached hydrogens (tertiary/aromatic N) is 4. The SMILES string of the molecule is CNc1nc(OCCCC(F)(F)F)nc(N(C)C)n1. The van der Waals surface area contributed by atoms with Gasteiger partial charge in [-0.3, -0.25) is 0 Å². The van der Waals surface area contributed by atoms with Crippen LogP contribution in [0.15, 0.2) is 0 Å². The Balaban J connectivity index is 2.60. The first-order chi connectivity index (χ1) is 8.81. The quantitative estimate of drug-likeness (QED) is 0.800. The number of alkyl halides is 3. The van der Waals surface area contributed by atoms with Gasteiger partial charge in [-0.1, -0.05) is 0 Å². The summed E-state index contributed by atoms with van der Waals surface area (Å²) in [7, 11) is 5.10. The highest BCUT2D eigenvalue weighted by atomic mass is 19.4. The molecule has 0 fully saturated rings. The molecule has 0 aliphatic carbocycles. The third-order valence-corrected chi connectivity index (χ3v) is 2.06. The molecule has 6 nitrogen and oxygen atoms in total. The molecule has 0 amide bonds. The zero-order valence-corrected chi connectivity index (χ0v) is 11.0. The van der Waals surface area contributed by atoms with E-state index in [2.05, 4.69) is 20.3 Å². The van der Waals surface area contributed by atoms with E-state index in [4.69, 9.17) is 4.74 Å². The van der Waals surface area contributed by atoms with Crippen LogP contribution in [0.1, 0.15) is 12.8 Å². The molecule has 0 radical (unpaired) electrons. The smallest absolute Gasteiger partial charge is 0.389 e. The molecule has 0 saturated carbocycles. The van der Waals surface area contributed by atoms with Crippen molar-refractivity contribution >= 4 is 11.9 Å². The van der Waals surface area contributed by atoms with Gasteiger partial charge in [0.15, 0.2) is 0 Å². The average molecular weight is 279 g/mol. The number of halogens is 3. The van der Waals surface area contributed by atoms with Gasteiger partial charge in [0.05, 0.1) is 6.61 Å². The third-order valence-electron chi connectivity index (χ3n) is 2.06. The Labute approximate surface area is 109 Å². The second kappa shape index (κ2) is 6.39. The summed E-state index contributed by atoms with van der Waals surface area (Å²) in [6.45, 7) is -0.0977. The zero-order chi connectivity index (χ0) is 14.5. The van der Waals surface area contributed by atoms with Gasteiger partial charge in [-0.05, 0) is 6.42 Å². The maximum absolute atomic E-state index is 12.0. The van der Waals surface area contributed by atoms with E-state index >= 15 is 0 Å². The Kier molecular flexibility index (Phi) is 5.13. The molecule has 9 heteroatoms. The molecule has 1 aromatic rings. The van der Waals surface area contributed by atoms with E-state index in [0.717, 1.165) is 0 Å². The molecule has 1 N–H and O–H groups in total. The molecule has 1 heterocycles. The average Bonchev–Trinajstić information content (AvgIpc) is 2.33. The van der Waals surface area contributed by atoms with Crippen molar-refractivity contribution in [1.29, 1.82) is 0 Å². The number of nitrogens with one attached hydrogen (secondary N) is 1. The van der Waals surface area contributed by atoms with E-state index in [9.17, 15) is 13.2 Å². The molecule has 0 spiro atoms. The highest BCUT2D eigenvalue weighted by Gasteiger charge is 2.26. The number of hydrogen-bond donors (Lipinski definition) is 1. The summed E-state index contributed by atoms with van der Waals surface area (Å²) in [5.41, 5.74) is 0. The molecule has 1 aromatic heterocycles. The molecule has 108 valence electrons. The third kappa shape index (κ3) is 5.58. The standard InChI is InChI=1S/C10H16F3N5O/c1-14-7-15-8(18(2)3)17-9(16-7)19-6-4-5-10(11,12)13/h4-6H2,1-3H3,(H,14,15,16,17). The van der Waals surface area contributed by atoms with Crippen LogP contribution in [0.4, 0.5) is 25.1 Å². The van der Waals surface area contributed by atoms with Gasteiger partial charge in [0.1, 0.15) is 0 Å². The largest absolute Gasteiger partial charge is 0.463 e. The summed E-state index contributed by atoms with van der Waals surface area (Å²) in [5, 5.41) is 2.73. The molecule has 0 aliphatic rings. The molecule has 0 aliphatic heterocycles. The topological polar surface area (TPSA) is 63.2 Å². The first kappa shape index (κ1) is 15.3. The van der Waals surface area contributed by atoms with Crippen molar-refractivity contribution in [2.45, 2.75) is 19.0 Å². The minimum atomic E-state index is -4.17. The van der Waals surface area contributed by atoms with Gasteiger partial charge in [-0.15, -0.1) is 0 Å². The Morgan fingerprint density at radius 2 is 1.89 bits per heavy atom. The number of rotatable bonds is 6. The molecule has 19 heavy (non-hydrogen) atoms. The number of anilines is 2. The lowest BCUT2D eigenvalue weighted by Crippen LogP contribution is -2.16. The normalized spacial score (nSPS) is 11.3. The molecule has 0 atom stereocenters. The summed E-state index contributed by atoms with van der Waals surface area (Å²) in [4.78, 5) is 13.6. The highest BCUT2D eigenvalue weighted by molar-refractivity contribution is 5.36. The van der Waals surface area contributed by atoms with Crippen LogP contribution in [0.25, 0.3) is 0 Å². The second-order valence-electron chi connectivity index (χ2n) is 3.95. The van der Waals surface area contributed by atoms with Crippen molar-refractivity contribution in [2.24, 2.45) is 0 Å². The van der Waals surface area contributed by atoms with E-state index in [1.165, 1.54) is 0 Å². The lowest BCUT2D eigenvalue weighted by atomic mass is 10.3. The monoisotopic (exact) mass is 279 g/mol. The Hall–Kier alpha value is -1.80. The van der Waals surface area contributed by atoms with Crippen molar-refractivity contribution in [1.82, 2.24) is 15.0 Å². The van der Waals surface area contributed by atoms with Crippen molar-refractivity contribution in [2.75, 3.05) is 38.0 Å². The molecule has 0 bridgehead atoms. The van der Waals surface area contributed by atoms with Crippen LogP contribution in [0.5, 0.6) is 6.01 Å². The summed E-state index contributed by atoms with van der Waals surface area (Å²) >= 11 is 0. The van der Waals surface area contributed by atoms with Gasteiger partial charge in [0, 0.05) is 27.6 Å². The first-order valence-electron chi connectivity index (χ1n) is 5.62. The van der Waals surface area contributed by atoms with E-state index in [0.29, 0.717) is 11.9 Å². The van der Waals surface area contributed by atoms with Crippen molar-refractivity contribution in [3.05, 3.63) is 0 Å². The lowest BCUT2D eigenvalue weighted by Gasteiger charge is -2.13. The molecular formula is C10H16F3N5O. The van der Waals surface area contributed by atoms with Crippen LogP contribution in [0, 0.1) is 0 Å². The van der Waals surface area contributed by atoms with Gasteiger partial charge in [-0.25, -0.2) is 0 Å². The van der Waals surface area contributed by atoms with Gasteiger partial charge in [0.25, 0.3) is 0 Å². The van der Waals surface area contributed by atoms with E-state index < -0.39 is 12.6 Å². The van der Waals surface area contributed by atoms with E-state index in [-0.39, 0.29) is 19.0 Å². The molecular weight excluding hydrogens is 263 g/mol. The van der Waals surface area contributed by atoms with Crippen molar-refractivity contribution < 1.29 is 17.9 Å². The van der Waals surface area contributed by atoms with Gasteiger partial charge >= 0.3 is 12.2 Å². The Bertz CT molecular complexity index is 411. The Morgan fingerprint density at radius 1 is 1.21 bits per heavy atom. The number of hydrogen-bond acceptors (Lipinski definition) is 6. The predicted molar refractivity (Wildman–Crippen MR) is 64.5 cm³/mol. The zero-order valence-electron chi connectivity index (χ0n) is 11.0. The fourth-order valence-electron chi connectivity index (χ4n) is 1.16. The van der Waals surface area contributed by atoms with Crippen molar-refractivity contribution in [3.8, 4) is 6.01 Å². The summed E-state index contributed by atoms with van der Waals surface area (Å²) in [5.74, 6) is 0.662. The van der Waals surface area contributed by atoms with Crippen LogP contribution in [0.2, 0.25) is 0 Å². The molecule has 1 rings (SSSR count). The fourth-order valence-corrected chi connectivity index (χ4v) is 1.16. The van der Waals surface area contributed by atoms with Crippen LogP contribution < -0.4 is 15.0 Å². The van der Waals surface area contributed by atoms with Gasteiger partial charge < -0.3 is 15.0 Å². The summed E-state index contributed by atoms with van der Waals surface area (Å²) in [6.07, 6.45) is -5.20. The van der Waals surface area contributed by atoms with Crippen LogP contribution in [0.3, 0.4) is 0 Å². The van der Waals surface area contributed by atoms with Gasteiger partial charge in [0.2, 0.25) is 11.9 Å². The van der Waals surface area contributed by atoms with E-state index in [1.54, 1.807) is 26.0 Å². The number of aromatic nitrogens is 3. The van der Waals surface area contributed by atoms with Crippen LogP contribution in [-0.2, 0) is 0 Å².